The molecular formula is C19H22N4O2. The standard InChI is InChI=1S/C19H22N4O2/c1-12-6-8-14(9-7-12)16(24)10-20-19(25)21-11-17-22-15-5-3-4-13(2)18(15)23-17/h3-9,16,24H,10-11H2,1-2H3,(H,22,23)(H2,20,21,25). The van der Waals surface area contributed by atoms with E-state index in [1.165, 1.54) is 0 Å². The molecule has 0 aliphatic carbocycles. The van der Waals surface area contributed by atoms with Gasteiger partial charge in [0.05, 0.1) is 23.7 Å². The number of carbonyl (C=O) groups excluding carboxylic acids is 1. The normalized spacial score (nSPS) is 12.1. The Balaban J connectivity index is 1.50. The number of nitrogens with one attached hydrogen (secondary N) is 3. The number of rotatable bonds is 5. The second-order valence-corrected chi connectivity index (χ2v) is 6.14. The molecule has 0 bridgehead atoms. The molecule has 4 N–H and O–H groups in total. The van der Waals surface area contributed by atoms with Gasteiger partial charge in [0.2, 0.25) is 0 Å². The molecule has 1 heterocycles. The fraction of sp³-hybridized carbons (Fsp3) is 0.263. The first kappa shape index (κ1) is 17.0. The minimum absolute atomic E-state index is 0.147. The molecule has 0 aliphatic rings. The van der Waals surface area contributed by atoms with E-state index in [4.69, 9.17) is 0 Å². The number of nitrogens with zero attached hydrogens (tertiary/aromatic N) is 1. The number of fused-ring (bicyclic) bond motifs is 1. The molecule has 0 saturated heterocycles. The number of aliphatic hydroxyl groups is 1. The molecule has 130 valence electrons. The van der Waals surface area contributed by atoms with E-state index in [9.17, 15) is 9.90 Å². The van der Waals surface area contributed by atoms with Crippen molar-refractivity contribution in [2.24, 2.45) is 0 Å². The van der Waals surface area contributed by atoms with E-state index in [0.717, 1.165) is 27.7 Å². The highest BCUT2D eigenvalue weighted by atomic mass is 16.3. The zero-order chi connectivity index (χ0) is 17.8. The Morgan fingerprint density at radius 3 is 2.64 bits per heavy atom. The molecule has 6 nitrogen and oxygen atoms in total. The quantitative estimate of drug-likeness (QED) is 0.576. The Morgan fingerprint density at radius 2 is 1.92 bits per heavy atom. The molecule has 0 spiro atoms. The summed E-state index contributed by atoms with van der Waals surface area (Å²) in [7, 11) is 0. The first-order valence-electron chi connectivity index (χ1n) is 8.23. The van der Waals surface area contributed by atoms with E-state index >= 15 is 0 Å². The lowest BCUT2D eigenvalue weighted by atomic mass is 10.1. The molecule has 3 aromatic rings. The van der Waals surface area contributed by atoms with Gasteiger partial charge in [0.25, 0.3) is 0 Å². The third kappa shape index (κ3) is 4.16. The van der Waals surface area contributed by atoms with Gasteiger partial charge in [-0.15, -0.1) is 0 Å². The van der Waals surface area contributed by atoms with Crippen molar-refractivity contribution in [2.75, 3.05) is 6.54 Å². The smallest absolute Gasteiger partial charge is 0.315 e. The molecule has 2 amide bonds. The number of urea groups is 1. The number of amides is 2. The maximum Gasteiger partial charge on any atom is 0.315 e. The summed E-state index contributed by atoms with van der Waals surface area (Å²) >= 11 is 0. The number of para-hydroxylation sites is 1. The maximum absolute atomic E-state index is 11.9. The number of aromatic amines is 1. The number of H-pyrrole nitrogens is 1. The minimum Gasteiger partial charge on any atom is -0.387 e. The fourth-order valence-corrected chi connectivity index (χ4v) is 2.63. The number of aryl methyl sites for hydroxylation is 2. The van der Waals surface area contributed by atoms with Gasteiger partial charge in [-0.3, -0.25) is 0 Å². The molecule has 6 heteroatoms. The second kappa shape index (κ2) is 7.36. The summed E-state index contributed by atoms with van der Waals surface area (Å²) in [6, 6.07) is 13.2. The Hall–Kier alpha value is -2.86. The van der Waals surface area contributed by atoms with E-state index in [1.807, 2.05) is 56.3 Å². The molecule has 1 aromatic heterocycles. The SMILES string of the molecule is Cc1ccc(C(O)CNC(=O)NCc2nc3c(C)cccc3[nH]2)cc1. The van der Waals surface area contributed by atoms with Crippen LogP contribution in [-0.4, -0.2) is 27.7 Å². The lowest BCUT2D eigenvalue weighted by Gasteiger charge is -2.13. The predicted octanol–water partition coefficient (Wildman–Crippen LogP) is 2.71. The Kier molecular flexibility index (Phi) is 5.00. The fourth-order valence-electron chi connectivity index (χ4n) is 2.63. The summed E-state index contributed by atoms with van der Waals surface area (Å²) in [5.74, 6) is 0.693. The van der Waals surface area contributed by atoms with Crippen molar-refractivity contribution in [3.8, 4) is 0 Å². The Morgan fingerprint density at radius 1 is 1.16 bits per heavy atom. The lowest BCUT2D eigenvalue weighted by Crippen LogP contribution is -2.37. The van der Waals surface area contributed by atoms with Crippen molar-refractivity contribution in [2.45, 2.75) is 26.5 Å². The van der Waals surface area contributed by atoms with Crippen molar-refractivity contribution in [3.05, 3.63) is 65.0 Å². The van der Waals surface area contributed by atoms with Gasteiger partial charge in [-0.05, 0) is 31.0 Å². The molecular weight excluding hydrogens is 316 g/mol. The highest BCUT2D eigenvalue weighted by Gasteiger charge is 2.10. The summed E-state index contributed by atoms with van der Waals surface area (Å²) < 4.78 is 0. The third-order valence-electron chi connectivity index (χ3n) is 4.10. The van der Waals surface area contributed by atoms with Gasteiger partial charge in [-0.1, -0.05) is 42.0 Å². The van der Waals surface area contributed by atoms with Crippen molar-refractivity contribution < 1.29 is 9.90 Å². The molecule has 0 fully saturated rings. The number of aromatic nitrogens is 2. The summed E-state index contributed by atoms with van der Waals surface area (Å²) in [6.45, 7) is 4.43. The van der Waals surface area contributed by atoms with E-state index in [-0.39, 0.29) is 12.6 Å². The molecule has 3 rings (SSSR count). The predicted molar refractivity (Wildman–Crippen MR) is 97.2 cm³/mol. The monoisotopic (exact) mass is 338 g/mol. The van der Waals surface area contributed by atoms with Crippen LogP contribution < -0.4 is 10.6 Å². The van der Waals surface area contributed by atoms with Crippen LogP contribution in [0.15, 0.2) is 42.5 Å². The summed E-state index contributed by atoms with van der Waals surface area (Å²) in [4.78, 5) is 19.6. The summed E-state index contributed by atoms with van der Waals surface area (Å²) in [5, 5.41) is 15.5. The zero-order valence-corrected chi connectivity index (χ0v) is 14.3. The molecule has 0 saturated carbocycles. The van der Waals surface area contributed by atoms with Crippen LogP contribution in [0.2, 0.25) is 0 Å². The second-order valence-electron chi connectivity index (χ2n) is 6.14. The highest BCUT2D eigenvalue weighted by Crippen LogP contribution is 2.15. The van der Waals surface area contributed by atoms with Crippen molar-refractivity contribution >= 4 is 17.1 Å². The number of imidazole rings is 1. The highest BCUT2D eigenvalue weighted by molar-refractivity contribution is 5.78. The number of hydrogen-bond acceptors (Lipinski definition) is 3. The average molecular weight is 338 g/mol. The Labute approximate surface area is 146 Å². The van der Waals surface area contributed by atoms with Crippen LogP contribution in [0.25, 0.3) is 11.0 Å². The first-order chi connectivity index (χ1) is 12.0. The van der Waals surface area contributed by atoms with Gasteiger partial charge in [-0.25, -0.2) is 9.78 Å². The van der Waals surface area contributed by atoms with Crippen LogP contribution in [0, 0.1) is 13.8 Å². The molecule has 0 radical (unpaired) electrons. The van der Waals surface area contributed by atoms with Crippen LogP contribution in [-0.2, 0) is 6.54 Å². The van der Waals surface area contributed by atoms with E-state index in [2.05, 4.69) is 20.6 Å². The maximum atomic E-state index is 11.9. The van der Waals surface area contributed by atoms with Gasteiger partial charge in [0.15, 0.2) is 0 Å². The molecule has 0 aliphatic heterocycles. The van der Waals surface area contributed by atoms with Gasteiger partial charge < -0.3 is 20.7 Å². The van der Waals surface area contributed by atoms with E-state index < -0.39 is 6.10 Å². The minimum atomic E-state index is -0.736. The average Bonchev–Trinajstić information content (AvgIpc) is 3.03. The molecule has 2 aromatic carbocycles. The van der Waals surface area contributed by atoms with Crippen LogP contribution in [0.1, 0.15) is 28.6 Å². The number of hydrogen-bond donors (Lipinski definition) is 4. The Bertz CT molecular complexity index is 871. The molecule has 1 atom stereocenters. The van der Waals surface area contributed by atoms with Crippen LogP contribution >= 0.6 is 0 Å². The summed E-state index contributed by atoms with van der Waals surface area (Å²) in [6.07, 6.45) is -0.736. The van der Waals surface area contributed by atoms with Crippen molar-refractivity contribution in [3.63, 3.8) is 0 Å². The van der Waals surface area contributed by atoms with Gasteiger partial charge >= 0.3 is 6.03 Å². The van der Waals surface area contributed by atoms with E-state index in [0.29, 0.717) is 12.4 Å². The number of benzene rings is 2. The van der Waals surface area contributed by atoms with Gasteiger partial charge in [0.1, 0.15) is 5.82 Å². The van der Waals surface area contributed by atoms with Crippen LogP contribution in [0.3, 0.4) is 0 Å². The van der Waals surface area contributed by atoms with E-state index in [1.54, 1.807) is 0 Å². The summed E-state index contributed by atoms with van der Waals surface area (Å²) in [5.41, 5.74) is 4.86. The largest absolute Gasteiger partial charge is 0.387 e. The topological polar surface area (TPSA) is 90.0 Å². The first-order valence-corrected chi connectivity index (χ1v) is 8.23. The number of carbonyl (C=O) groups is 1. The lowest BCUT2D eigenvalue weighted by molar-refractivity contribution is 0.173. The van der Waals surface area contributed by atoms with Crippen molar-refractivity contribution in [1.29, 1.82) is 0 Å². The van der Waals surface area contributed by atoms with Crippen LogP contribution in [0.4, 0.5) is 4.79 Å². The van der Waals surface area contributed by atoms with Crippen molar-refractivity contribution in [1.82, 2.24) is 20.6 Å². The molecule has 1 unspecified atom stereocenters. The van der Waals surface area contributed by atoms with Gasteiger partial charge in [0, 0.05) is 6.54 Å². The number of aliphatic hydroxyl groups excluding tert-OH is 1. The third-order valence-corrected chi connectivity index (χ3v) is 4.10. The van der Waals surface area contributed by atoms with Gasteiger partial charge in [-0.2, -0.15) is 0 Å². The van der Waals surface area contributed by atoms with Crippen LogP contribution in [0.5, 0.6) is 0 Å². The molecule has 25 heavy (non-hydrogen) atoms. The zero-order valence-electron chi connectivity index (χ0n) is 14.3.